The van der Waals surface area contributed by atoms with E-state index in [1.165, 1.54) is 35.6 Å². The zero-order chi connectivity index (χ0) is 11.2. The topological polar surface area (TPSA) is 0 Å². The summed E-state index contributed by atoms with van der Waals surface area (Å²) < 4.78 is 0. The van der Waals surface area contributed by atoms with Crippen molar-refractivity contribution in [1.82, 2.24) is 0 Å². The minimum Gasteiger partial charge on any atom is -0.0917 e. The highest BCUT2D eigenvalue weighted by molar-refractivity contribution is 5.82. The number of hydrogen-bond acceptors (Lipinski definition) is 0. The molecule has 2 aromatic carbocycles. The molecule has 0 aliphatic carbocycles. The van der Waals surface area contributed by atoms with Gasteiger partial charge in [0, 0.05) is 0 Å². The first-order valence-corrected chi connectivity index (χ1v) is 5.99. The molecule has 0 aromatic heterocycles. The zero-order valence-electron chi connectivity index (χ0n) is 9.82. The van der Waals surface area contributed by atoms with E-state index in [-0.39, 0.29) is 0 Å². The Morgan fingerprint density at radius 1 is 1.00 bits per heavy atom. The van der Waals surface area contributed by atoms with Gasteiger partial charge in [-0.25, -0.2) is 0 Å². The molecule has 0 aliphatic rings. The molecule has 0 saturated carbocycles. The molecule has 0 saturated heterocycles. The van der Waals surface area contributed by atoms with Crippen LogP contribution in [-0.2, 0) is 6.42 Å². The molecule has 0 fully saturated rings. The van der Waals surface area contributed by atoms with Gasteiger partial charge in [0.05, 0.1) is 0 Å². The molecule has 2 aromatic rings. The Balaban J connectivity index is 2.07. The van der Waals surface area contributed by atoms with Crippen LogP contribution in [-0.4, -0.2) is 0 Å². The van der Waals surface area contributed by atoms with Crippen molar-refractivity contribution < 1.29 is 0 Å². The van der Waals surface area contributed by atoms with Crippen molar-refractivity contribution in [3.8, 4) is 0 Å². The molecule has 0 bridgehead atoms. The summed E-state index contributed by atoms with van der Waals surface area (Å²) in [5, 5.41) is 2.69. The quantitative estimate of drug-likeness (QED) is 0.505. The Bertz CT molecular complexity index is 480. The summed E-state index contributed by atoms with van der Waals surface area (Å²) >= 11 is 0. The van der Waals surface area contributed by atoms with Gasteiger partial charge in [-0.1, -0.05) is 54.6 Å². The Labute approximate surface area is 97.6 Å². The minimum atomic E-state index is 1.18. The molecule has 16 heavy (non-hydrogen) atoms. The van der Waals surface area contributed by atoms with Crippen LogP contribution in [0.2, 0.25) is 0 Å². The van der Waals surface area contributed by atoms with Gasteiger partial charge in [-0.2, -0.15) is 0 Å². The first-order valence-electron chi connectivity index (χ1n) is 5.99. The summed E-state index contributed by atoms with van der Waals surface area (Å²) in [5.74, 6) is 0. The fraction of sp³-hybridized carbons (Fsp3) is 0.250. The van der Waals surface area contributed by atoms with E-state index < -0.39 is 0 Å². The van der Waals surface area contributed by atoms with E-state index in [1.807, 2.05) is 0 Å². The highest BCUT2D eigenvalue weighted by Crippen LogP contribution is 2.16. The Morgan fingerprint density at radius 2 is 1.81 bits per heavy atom. The number of benzene rings is 2. The summed E-state index contributed by atoms with van der Waals surface area (Å²) in [5.41, 5.74) is 1.45. The van der Waals surface area contributed by atoms with Crippen molar-refractivity contribution in [3.63, 3.8) is 0 Å². The molecular weight excluding hydrogens is 192 g/mol. The van der Waals surface area contributed by atoms with Crippen LogP contribution in [0.4, 0.5) is 0 Å². The maximum Gasteiger partial charge on any atom is -0.0181 e. The second-order valence-electron chi connectivity index (χ2n) is 4.14. The van der Waals surface area contributed by atoms with Crippen molar-refractivity contribution in [2.24, 2.45) is 0 Å². The predicted octanol–water partition coefficient (Wildman–Crippen LogP) is 4.74. The van der Waals surface area contributed by atoms with Crippen LogP contribution >= 0.6 is 0 Å². The largest absolute Gasteiger partial charge is 0.0917 e. The van der Waals surface area contributed by atoms with Crippen LogP contribution in [0.25, 0.3) is 10.8 Å². The van der Waals surface area contributed by atoms with Crippen molar-refractivity contribution in [3.05, 3.63) is 60.2 Å². The number of fused-ring (bicyclic) bond motifs is 1. The van der Waals surface area contributed by atoms with Gasteiger partial charge in [0.15, 0.2) is 0 Å². The van der Waals surface area contributed by atoms with Crippen LogP contribution < -0.4 is 0 Å². The average molecular weight is 210 g/mol. The van der Waals surface area contributed by atoms with Gasteiger partial charge in [-0.3, -0.25) is 0 Å². The van der Waals surface area contributed by atoms with Gasteiger partial charge in [0.25, 0.3) is 0 Å². The summed E-state index contributed by atoms with van der Waals surface area (Å²) in [4.78, 5) is 0. The number of hydrogen-bond donors (Lipinski definition) is 0. The lowest BCUT2D eigenvalue weighted by Crippen LogP contribution is -1.84. The molecule has 0 unspecified atom stereocenters. The van der Waals surface area contributed by atoms with E-state index in [2.05, 4.69) is 61.5 Å². The molecule has 0 heterocycles. The average Bonchev–Trinajstić information content (AvgIpc) is 2.34. The highest BCUT2D eigenvalue weighted by Gasteiger charge is 1.95. The Kier molecular flexibility index (Phi) is 3.76. The SMILES string of the molecule is CC=CCCCc1ccc2ccccc2c1. The molecule has 0 heteroatoms. The molecule has 0 nitrogen and oxygen atoms in total. The third kappa shape index (κ3) is 2.73. The van der Waals surface area contributed by atoms with Crippen LogP contribution in [0, 0.1) is 0 Å². The van der Waals surface area contributed by atoms with Gasteiger partial charge in [-0.05, 0) is 42.5 Å². The van der Waals surface area contributed by atoms with Crippen molar-refractivity contribution in [1.29, 1.82) is 0 Å². The zero-order valence-corrected chi connectivity index (χ0v) is 9.82. The van der Waals surface area contributed by atoms with Crippen LogP contribution in [0.3, 0.4) is 0 Å². The Morgan fingerprint density at radius 3 is 2.62 bits per heavy atom. The van der Waals surface area contributed by atoms with E-state index in [0.717, 1.165) is 0 Å². The number of allylic oxidation sites excluding steroid dienone is 2. The lowest BCUT2D eigenvalue weighted by molar-refractivity contribution is 0.843. The standard InChI is InChI=1S/C16H18/c1-2-3-4-5-8-14-11-12-15-9-6-7-10-16(15)13-14/h2-3,6-7,9-13H,4-5,8H2,1H3. The second-order valence-corrected chi connectivity index (χ2v) is 4.14. The summed E-state index contributed by atoms with van der Waals surface area (Å²) in [6.45, 7) is 2.08. The summed E-state index contributed by atoms with van der Waals surface area (Å²) in [6.07, 6.45) is 7.96. The van der Waals surface area contributed by atoms with E-state index in [0.29, 0.717) is 0 Å². The van der Waals surface area contributed by atoms with Gasteiger partial charge in [-0.15, -0.1) is 0 Å². The fourth-order valence-corrected chi connectivity index (χ4v) is 1.98. The van der Waals surface area contributed by atoms with E-state index >= 15 is 0 Å². The second kappa shape index (κ2) is 5.50. The maximum atomic E-state index is 2.31. The fourth-order valence-electron chi connectivity index (χ4n) is 1.98. The minimum absolute atomic E-state index is 1.18. The normalized spacial score (nSPS) is 11.3. The van der Waals surface area contributed by atoms with Crippen molar-refractivity contribution >= 4 is 10.8 Å². The monoisotopic (exact) mass is 210 g/mol. The van der Waals surface area contributed by atoms with Gasteiger partial charge >= 0.3 is 0 Å². The molecule has 0 aliphatic heterocycles. The van der Waals surface area contributed by atoms with Crippen molar-refractivity contribution in [2.75, 3.05) is 0 Å². The lowest BCUT2D eigenvalue weighted by atomic mass is 10.0. The highest BCUT2D eigenvalue weighted by atomic mass is 14.0. The summed E-state index contributed by atoms with van der Waals surface area (Å²) in [7, 11) is 0. The molecule has 0 radical (unpaired) electrons. The Hall–Kier alpha value is -1.56. The maximum absolute atomic E-state index is 2.31. The molecule has 0 N–H and O–H groups in total. The number of aryl methyl sites for hydroxylation is 1. The molecule has 0 spiro atoms. The number of unbranched alkanes of at least 4 members (excludes halogenated alkanes) is 1. The summed E-state index contributed by atoms with van der Waals surface area (Å²) in [6, 6.07) is 15.3. The molecular formula is C16H18. The van der Waals surface area contributed by atoms with E-state index in [4.69, 9.17) is 0 Å². The van der Waals surface area contributed by atoms with Gasteiger partial charge < -0.3 is 0 Å². The van der Waals surface area contributed by atoms with Crippen molar-refractivity contribution in [2.45, 2.75) is 26.2 Å². The van der Waals surface area contributed by atoms with E-state index in [9.17, 15) is 0 Å². The third-order valence-corrected chi connectivity index (χ3v) is 2.89. The lowest BCUT2D eigenvalue weighted by Gasteiger charge is -2.02. The smallest absolute Gasteiger partial charge is 0.0181 e. The molecule has 82 valence electrons. The molecule has 2 rings (SSSR count). The van der Waals surface area contributed by atoms with Crippen LogP contribution in [0.15, 0.2) is 54.6 Å². The molecule has 0 atom stereocenters. The van der Waals surface area contributed by atoms with Crippen LogP contribution in [0.5, 0.6) is 0 Å². The molecule has 0 amide bonds. The third-order valence-electron chi connectivity index (χ3n) is 2.89. The van der Waals surface area contributed by atoms with Crippen LogP contribution in [0.1, 0.15) is 25.3 Å². The van der Waals surface area contributed by atoms with Gasteiger partial charge in [0.2, 0.25) is 0 Å². The number of rotatable bonds is 4. The predicted molar refractivity (Wildman–Crippen MR) is 71.7 cm³/mol. The first kappa shape index (κ1) is 10.9. The van der Waals surface area contributed by atoms with E-state index in [1.54, 1.807) is 0 Å². The van der Waals surface area contributed by atoms with Gasteiger partial charge in [0.1, 0.15) is 0 Å². The first-order chi connectivity index (χ1) is 7.90.